The molecule has 0 atom stereocenters. The van der Waals surface area contributed by atoms with E-state index in [4.69, 9.17) is 0 Å². The molecule has 0 unspecified atom stereocenters. The SMILES string of the molecule is c1ccc(Nc2cc3[nH]c(-c4cn[nH]c4)cc3cn2)nc1. The van der Waals surface area contributed by atoms with Crippen molar-refractivity contribution in [2.24, 2.45) is 0 Å². The second kappa shape index (κ2) is 4.75. The van der Waals surface area contributed by atoms with Crippen LogP contribution in [0.15, 0.2) is 55.1 Å². The van der Waals surface area contributed by atoms with Crippen LogP contribution in [0.1, 0.15) is 0 Å². The molecule has 0 amide bonds. The lowest BCUT2D eigenvalue weighted by Crippen LogP contribution is -1.94. The third-order valence-electron chi connectivity index (χ3n) is 3.23. The Morgan fingerprint density at radius 1 is 1.00 bits per heavy atom. The van der Waals surface area contributed by atoms with E-state index in [1.54, 1.807) is 12.4 Å². The van der Waals surface area contributed by atoms with E-state index in [9.17, 15) is 0 Å². The third-order valence-corrected chi connectivity index (χ3v) is 3.23. The summed E-state index contributed by atoms with van der Waals surface area (Å²) in [6.07, 6.45) is 7.21. The summed E-state index contributed by atoms with van der Waals surface area (Å²) in [5.74, 6) is 1.52. The largest absolute Gasteiger partial charge is 0.354 e. The second-order valence-corrected chi connectivity index (χ2v) is 4.67. The fraction of sp³-hybridized carbons (Fsp3) is 0. The van der Waals surface area contributed by atoms with E-state index >= 15 is 0 Å². The molecule has 0 aliphatic rings. The van der Waals surface area contributed by atoms with E-state index in [0.717, 1.165) is 33.8 Å². The van der Waals surface area contributed by atoms with Gasteiger partial charge in [0.15, 0.2) is 0 Å². The van der Waals surface area contributed by atoms with E-state index in [1.165, 1.54) is 0 Å². The van der Waals surface area contributed by atoms with Gasteiger partial charge in [0.2, 0.25) is 0 Å². The topological polar surface area (TPSA) is 82.3 Å². The summed E-state index contributed by atoms with van der Waals surface area (Å²) in [6.45, 7) is 0. The minimum Gasteiger partial charge on any atom is -0.354 e. The van der Waals surface area contributed by atoms with Crippen molar-refractivity contribution in [3.05, 3.63) is 55.1 Å². The predicted molar refractivity (Wildman–Crippen MR) is 81.2 cm³/mol. The normalized spacial score (nSPS) is 10.9. The van der Waals surface area contributed by atoms with Gasteiger partial charge in [-0.25, -0.2) is 9.97 Å². The van der Waals surface area contributed by atoms with Crippen molar-refractivity contribution in [3.8, 4) is 11.3 Å². The van der Waals surface area contributed by atoms with Crippen molar-refractivity contribution in [2.75, 3.05) is 5.32 Å². The minimum absolute atomic E-state index is 0.752. The molecule has 0 saturated carbocycles. The molecule has 0 radical (unpaired) electrons. The Morgan fingerprint density at radius 3 is 2.81 bits per heavy atom. The lowest BCUT2D eigenvalue weighted by molar-refractivity contribution is 1.09. The zero-order valence-electron chi connectivity index (χ0n) is 11.0. The van der Waals surface area contributed by atoms with Crippen LogP contribution in [0, 0.1) is 0 Å². The number of hydrogen-bond donors (Lipinski definition) is 3. The lowest BCUT2D eigenvalue weighted by Gasteiger charge is -2.03. The maximum atomic E-state index is 4.40. The Labute approximate surface area is 120 Å². The van der Waals surface area contributed by atoms with Gasteiger partial charge in [-0.05, 0) is 18.2 Å². The number of aromatic amines is 2. The van der Waals surface area contributed by atoms with Crippen LogP contribution in [-0.4, -0.2) is 25.1 Å². The summed E-state index contributed by atoms with van der Waals surface area (Å²) in [5.41, 5.74) is 3.04. The molecule has 4 aromatic heterocycles. The lowest BCUT2D eigenvalue weighted by atomic mass is 10.2. The van der Waals surface area contributed by atoms with Crippen LogP contribution in [0.25, 0.3) is 22.2 Å². The predicted octanol–water partition coefficient (Wildman–Crippen LogP) is 3.09. The standard InChI is InChI=1S/C15H12N6/c1-2-4-16-14(3-1)21-15-6-13-10(7-17-15)5-12(20-13)11-8-18-19-9-11/h1-9,20H,(H,18,19)(H,16,17,21). The number of hydrogen-bond acceptors (Lipinski definition) is 4. The summed E-state index contributed by atoms with van der Waals surface area (Å²) in [6, 6.07) is 9.73. The molecule has 4 rings (SSSR count). The summed E-state index contributed by atoms with van der Waals surface area (Å²) >= 11 is 0. The van der Waals surface area contributed by atoms with Gasteiger partial charge in [-0.2, -0.15) is 5.10 Å². The van der Waals surface area contributed by atoms with Crippen molar-refractivity contribution in [2.45, 2.75) is 0 Å². The van der Waals surface area contributed by atoms with Gasteiger partial charge < -0.3 is 10.3 Å². The number of fused-ring (bicyclic) bond motifs is 1. The maximum absolute atomic E-state index is 4.40. The van der Waals surface area contributed by atoms with E-state index < -0.39 is 0 Å². The molecule has 6 nitrogen and oxygen atoms in total. The zero-order valence-corrected chi connectivity index (χ0v) is 11.0. The number of anilines is 2. The highest BCUT2D eigenvalue weighted by Gasteiger charge is 2.06. The Hall–Kier alpha value is -3.15. The van der Waals surface area contributed by atoms with Gasteiger partial charge in [0.05, 0.1) is 11.7 Å². The Kier molecular flexibility index (Phi) is 2.64. The fourth-order valence-corrected chi connectivity index (χ4v) is 2.22. The summed E-state index contributed by atoms with van der Waals surface area (Å²) < 4.78 is 0. The molecule has 0 saturated heterocycles. The van der Waals surface area contributed by atoms with Crippen molar-refractivity contribution < 1.29 is 0 Å². The molecule has 6 heteroatoms. The molecule has 0 spiro atoms. The van der Waals surface area contributed by atoms with E-state index in [-0.39, 0.29) is 0 Å². The van der Waals surface area contributed by atoms with Crippen LogP contribution >= 0.6 is 0 Å². The molecule has 102 valence electrons. The fourth-order valence-electron chi connectivity index (χ4n) is 2.22. The summed E-state index contributed by atoms with van der Waals surface area (Å²) in [7, 11) is 0. The van der Waals surface area contributed by atoms with Gasteiger partial charge in [0.25, 0.3) is 0 Å². The van der Waals surface area contributed by atoms with Crippen LogP contribution in [0.3, 0.4) is 0 Å². The molecular formula is C15H12N6. The molecule has 0 fully saturated rings. The molecule has 3 N–H and O–H groups in total. The number of aromatic nitrogens is 5. The first-order chi connectivity index (χ1) is 10.4. The van der Waals surface area contributed by atoms with Crippen LogP contribution in [0.5, 0.6) is 0 Å². The number of nitrogens with one attached hydrogen (secondary N) is 3. The number of H-pyrrole nitrogens is 2. The smallest absolute Gasteiger partial charge is 0.133 e. The summed E-state index contributed by atoms with van der Waals surface area (Å²) in [4.78, 5) is 12.0. The molecule has 21 heavy (non-hydrogen) atoms. The van der Waals surface area contributed by atoms with Gasteiger partial charge in [-0.3, -0.25) is 5.10 Å². The Morgan fingerprint density at radius 2 is 2.00 bits per heavy atom. The third kappa shape index (κ3) is 2.23. The Bertz CT molecular complexity index is 864. The van der Waals surface area contributed by atoms with E-state index in [2.05, 4.69) is 36.5 Å². The average Bonchev–Trinajstić information content (AvgIpc) is 3.17. The first kappa shape index (κ1) is 11.7. The molecular weight excluding hydrogens is 264 g/mol. The molecule has 0 bridgehead atoms. The van der Waals surface area contributed by atoms with Gasteiger partial charge in [-0.1, -0.05) is 6.07 Å². The number of pyridine rings is 2. The average molecular weight is 276 g/mol. The molecule has 0 aliphatic carbocycles. The maximum Gasteiger partial charge on any atom is 0.133 e. The molecule has 0 aromatic carbocycles. The monoisotopic (exact) mass is 276 g/mol. The highest BCUT2D eigenvalue weighted by molar-refractivity contribution is 5.87. The number of rotatable bonds is 3. The molecule has 0 aliphatic heterocycles. The van der Waals surface area contributed by atoms with Gasteiger partial charge in [0.1, 0.15) is 11.6 Å². The van der Waals surface area contributed by atoms with Crippen molar-refractivity contribution in [1.29, 1.82) is 0 Å². The second-order valence-electron chi connectivity index (χ2n) is 4.67. The van der Waals surface area contributed by atoms with Crippen LogP contribution in [-0.2, 0) is 0 Å². The minimum atomic E-state index is 0.752. The first-order valence-electron chi connectivity index (χ1n) is 6.54. The van der Waals surface area contributed by atoms with Gasteiger partial charge >= 0.3 is 0 Å². The van der Waals surface area contributed by atoms with Crippen molar-refractivity contribution >= 4 is 22.5 Å². The molecule has 4 heterocycles. The highest BCUT2D eigenvalue weighted by atomic mass is 15.1. The van der Waals surface area contributed by atoms with Crippen LogP contribution < -0.4 is 5.32 Å². The van der Waals surface area contributed by atoms with Crippen molar-refractivity contribution in [1.82, 2.24) is 25.1 Å². The van der Waals surface area contributed by atoms with Gasteiger partial charge in [-0.15, -0.1) is 0 Å². The van der Waals surface area contributed by atoms with Crippen LogP contribution in [0.2, 0.25) is 0 Å². The Balaban J connectivity index is 1.70. The number of nitrogens with zero attached hydrogens (tertiary/aromatic N) is 3. The highest BCUT2D eigenvalue weighted by Crippen LogP contribution is 2.24. The van der Waals surface area contributed by atoms with Gasteiger partial charge in [0, 0.05) is 41.3 Å². The first-order valence-corrected chi connectivity index (χ1v) is 6.54. The molecule has 4 aromatic rings. The van der Waals surface area contributed by atoms with E-state index in [1.807, 2.05) is 36.7 Å². The summed E-state index contributed by atoms with van der Waals surface area (Å²) in [5, 5.41) is 11.0. The van der Waals surface area contributed by atoms with E-state index in [0.29, 0.717) is 0 Å². The van der Waals surface area contributed by atoms with Crippen molar-refractivity contribution in [3.63, 3.8) is 0 Å². The quantitative estimate of drug-likeness (QED) is 0.537. The zero-order chi connectivity index (χ0) is 14.1. The van der Waals surface area contributed by atoms with Crippen LogP contribution in [0.4, 0.5) is 11.6 Å².